The van der Waals surface area contributed by atoms with Gasteiger partial charge in [0.15, 0.2) is 0 Å². The van der Waals surface area contributed by atoms with E-state index in [0.717, 1.165) is 25.6 Å². The van der Waals surface area contributed by atoms with Gasteiger partial charge in [0.1, 0.15) is 5.75 Å². The zero-order valence-electron chi connectivity index (χ0n) is 13.0. The Labute approximate surface area is 123 Å². The van der Waals surface area contributed by atoms with Crippen molar-refractivity contribution in [3.05, 3.63) is 29.8 Å². The Kier molecular flexibility index (Phi) is 5.44. The molecule has 3 heteroatoms. The largest absolute Gasteiger partial charge is 0.508 e. The van der Waals surface area contributed by atoms with Crippen LogP contribution in [0.25, 0.3) is 0 Å². The van der Waals surface area contributed by atoms with E-state index in [1.165, 1.54) is 18.4 Å². The molecule has 2 rings (SSSR count). The highest BCUT2D eigenvalue weighted by Gasteiger charge is 2.23. The van der Waals surface area contributed by atoms with Crippen LogP contribution in [0.1, 0.15) is 45.2 Å². The lowest BCUT2D eigenvalue weighted by atomic mass is 9.95. The van der Waals surface area contributed by atoms with E-state index in [9.17, 15) is 5.11 Å². The molecule has 1 aliphatic heterocycles. The molecule has 1 atom stereocenters. The van der Waals surface area contributed by atoms with Gasteiger partial charge in [-0.05, 0) is 70.3 Å². The van der Waals surface area contributed by atoms with Crippen LogP contribution in [0.2, 0.25) is 0 Å². The molecule has 0 amide bonds. The Morgan fingerprint density at radius 3 is 2.55 bits per heavy atom. The van der Waals surface area contributed by atoms with Crippen molar-refractivity contribution in [2.75, 3.05) is 19.6 Å². The molecule has 20 heavy (non-hydrogen) atoms. The SMILES string of the molecule is CC(C)N(CC1CCNCC1)C(C)c1cccc(O)c1. The van der Waals surface area contributed by atoms with Gasteiger partial charge in [-0.2, -0.15) is 0 Å². The molecule has 1 aromatic rings. The molecule has 0 spiro atoms. The predicted octanol–water partition coefficient (Wildman–Crippen LogP) is 3.16. The van der Waals surface area contributed by atoms with Gasteiger partial charge in [0, 0.05) is 18.6 Å². The summed E-state index contributed by atoms with van der Waals surface area (Å²) in [5, 5.41) is 13.1. The van der Waals surface area contributed by atoms with Gasteiger partial charge in [-0.3, -0.25) is 4.90 Å². The van der Waals surface area contributed by atoms with Crippen LogP contribution < -0.4 is 5.32 Å². The van der Waals surface area contributed by atoms with Crippen molar-refractivity contribution in [3.63, 3.8) is 0 Å². The van der Waals surface area contributed by atoms with E-state index in [1.807, 2.05) is 12.1 Å². The van der Waals surface area contributed by atoms with E-state index in [4.69, 9.17) is 0 Å². The topological polar surface area (TPSA) is 35.5 Å². The molecule has 0 radical (unpaired) electrons. The standard InChI is InChI=1S/C17H28N2O/c1-13(2)19(12-15-7-9-18-10-8-15)14(3)16-5-4-6-17(20)11-16/h4-6,11,13-15,18,20H,7-10,12H2,1-3H3. The number of rotatable bonds is 5. The predicted molar refractivity (Wildman–Crippen MR) is 84.0 cm³/mol. The second-order valence-corrected chi connectivity index (χ2v) is 6.25. The Balaban J connectivity index is 2.07. The first kappa shape index (κ1) is 15.3. The maximum atomic E-state index is 9.68. The third-order valence-corrected chi connectivity index (χ3v) is 4.44. The van der Waals surface area contributed by atoms with E-state index in [-0.39, 0.29) is 0 Å². The summed E-state index contributed by atoms with van der Waals surface area (Å²) in [7, 11) is 0. The molecule has 1 aliphatic rings. The first-order valence-corrected chi connectivity index (χ1v) is 7.83. The quantitative estimate of drug-likeness (QED) is 0.867. The summed E-state index contributed by atoms with van der Waals surface area (Å²) in [6.07, 6.45) is 2.55. The minimum atomic E-state index is 0.344. The van der Waals surface area contributed by atoms with Gasteiger partial charge in [-0.15, -0.1) is 0 Å². The molecule has 3 nitrogen and oxygen atoms in total. The summed E-state index contributed by atoms with van der Waals surface area (Å²) < 4.78 is 0. The summed E-state index contributed by atoms with van der Waals surface area (Å²) in [5.41, 5.74) is 1.20. The third kappa shape index (κ3) is 3.97. The van der Waals surface area contributed by atoms with Crippen LogP contribution in [0.5, 0.6) is 5.75 Å². The summed E-state index contributed by atoms with van der Waals surface area (Å²) >= 11 is 0. The van der Waals surface area contributed by atoms with Crippen LogP contribution in [-0.2, 0) is 0 Å². The van der Waals surface area contributed by atoms with E-state index in [2.05, 4.69) is 37.1 Å². The van der Waals surface area contributed by atoms with E-state index >= 15 is 0 Å². The Morgan fingerprint density at radius 1 is 1.25 bits per heavy atom. The van der Waals surface area contributed by atoms with E-state index < -0.39 is 0 Å². The molecule has 1 fully saturated rings. The second-order valence-electron chi connectivity index (χ2n) is 6.25. The summed E-state index contributed by atoms with van der Waals surface area (Å²) in [6, 6.07) is 8.54. The third-order valence-electron chi connectivity index (χ3n) is 4.44. The zero-order chi connectivity index (χ0) is 14.5. The average molecular weight is 276 g/mol. The first-order chi connectivity index (χ1) is 9.58. The van der Waals surface area contributed by atoms with Gasteiger partial charge in [-0.1, -0.05) is 12.1 Å². The molecular formula is C17H28N2O. The summed E-state index contributed by atoms with van der Waals surface area (Å²) in [4.78, 5) is 2.56. The molecule has 0 bridgehead atoms. The number of benzene rings is 1. The van der Waals surface area contributed by atoms with Crippen molar-refractivity contribution in [2.24, 2.45) is 5.92 Å². The van der Waals surface area contributed by atoms with Crippen LogP contribution >= 0.6 is 0 Å². The Morgan fingerprint density at radius 2 is 1.95 bits per heavy atom. The van der Waals surface area contributed by atoms with Crippen molar-refractivity contribution < 1.29 is 5.11 Å². The van der Waals surface area contributed by atoms with Crippen molar-refractivity contribution in [1.29, 1.82) is 0 Å². The lowest BCUT2D eigenvalue weighted by Gasteiger charge is -2.37. The van der Waals surface area contributed by atoms with Gasteiger partial charge >= 0.3 is 0 Å². The molecule has 1 aromatic carbocycles. The van der Waals surface area contributed by atoms with Gasteiger partial charge < -0.3 is 10.4 Å². The lowest BCUT2D eigenvalue weighted by Crippen LogP contribution is -2.40. The van der Waals surface area contributed by atoms with Crippen molar-refractivity contribution in [3.8, 4) is 5.75 Å². The lowest BCUT2D eigenvalue weighted by molar-refractivity contribution is 0.125. The monoisotopic (exact) mass is 276 g/mol. The number of hydrogen-bond donors (Lipinski definition) is 2. The maximum absolute atomic E-state index is 9.68. The van der Waals surface area contributed by atoms with Crippen LogP contribution in [-0.4, -0.2) is 35.7 Å². The number of phenols is 1. The highest BCUT2D eigenvalue weighted by Crippen LogP contribution is 2.27. The number of aromatic hydroxyl groups is 1. The minimum absolute atomic E-state index is 0.344. The molecular weight excluding hydrogens is 248 g/mol. The average Bonchev–Trinajstić information content (AvgIpc) is 2.45. The van der Waals surface area contributed by atoms with Gasteiger partial charge in [0.25, 0.3) is 0 Å². The normalized spacial score (nSPS) is 18.6. The van der Waals surface area contributed by atoms with Crippen molar-refractivity contribution in [2.45, 2.75) is 45.7 Å². The van der Waals surface area contributed by atoms with Crippen molar-refractivity contribution in [1.82, 2.24) is 10.2 Å². The highest BCUT2D eigenvalue weighted by atomic mass is 16.3. The van der Waals surface area contributed by atoms with Crippen LogP contribution in [0, 0.1) is 5.92 Å². The van der Waals surface area contributed by atoms with Gasteiger partial charge in [0.05, 0.1) is 0 Å². The van der Waals surface area contributed by atoms with Crippen LogP contribution in [0.3, 0.4) is 0 Å². The molecule has 0 aliphatic carbocycles. The second kappa shape index (κ2) is 7.09. The van der Waals surface area contributed by atoms with Crippen molar-refractivity contribution >= 4 is 0 Å². The number of nitrogens with zero attached hydrogens (tertiary/aromatic N) is 1. The summed E-state index contributed by atoms with van der Waals surface area (Å²) in [5.74, 6) is 1.15. The molecule has 112 valence electrons. The maximum Gasteiger partial charge on any atom is 0.115 e. The number of piperidine rings is 1. The van der Waals surface area contributed by atoms with E-state index in [0.29, 0.717) is 17.8 Å². The molecule has 0 saturated carbocycles. The fraction of sp³-hybridized carbons (Fsp3) is 0.647. The van der Waals surface area contributed by atoms with Gasteiger partial charge in [0.2, 0.25) is 0 Å². The Bertz CT molecular complexity index is 413. The molecule has 1 saturated heterocycles. The van der Waals surface area contributed by atoms with Crippen LogP contribution in [0.4, 0.5) is 0 Å². The van der Waals surface area contributed by atoms with E-state index in [1.54, 1.807) is 6.07 Å². The number of phenolic OH excluding ortho intramolecular Hbond substituents is 1. The molecule has 0 aromatic heterocycles. The minimum Gasteiger partial charge on any atom is -0.508 e. The van der Waals surface area contributed by atoms with Crippen LogP contribution in [0.15, 0.2) is 24.3 Å². The zero-order valence-corrected chi connectivity index (χ0v) is 13.0. The fourth-order valence-corrected chi connectivity index (χ4v) is 3.15. The summed E-state index contributed by atoms with van der Waals surface area (Å²) in [6.45, 7) is 10.2. The van der Waals surface area contributed by atoms with Gasteiger partial charge in [-0.25, -0.2) is 0 Å². The smallest absolute Gasteiger partial charge is 0.115 e. The number of hydrogen-bond acceptors (Lipinski definition) is 3. The Hall–Kier alpha value is -1.06. The molecule has 1 heterocycles. The first-order valence-electron chi connectivity index (χ1n) is 7.83. The molecule has 1 unspecified atom stereocenters. The highest BCUT2D eigenvalue weighted by molar-refractivity contribution is 5.29. The fourth-order valence-electron chi connectivity index (χ4n) is 3.15. The molecule has 2 N–H and O–H groups in total. The number of nitrogens with one attached hydrogen (secondary N) is 1.